The van der Waals surface area contributed by atoms with Crippen molar-refractivity contribution in [1.82, 2.24) is 10.6 Å². The quantitative estimate of drug-likeness (QED) is 0.0919. The van der Waals surface area contributed by atoms with Gasteiger partial charge in [0.15, 0.2) is 5.11 Å². The minimum absolute atomic E-state index is 0.172. The lowest BCUT2D eigenvalue weighted by atomic mass is 10.1. The van der Waals surface area contributed by atoms with Crippen molar-refractivity contribution >= 4 is 86.3 Å². The Kier molecular flexibility index (Phi) is 13.1. The zero-order chi connectivity index (χ0) is 21.0. The summed E-state index contributed by atoms with van der Waals surface area (Å²) in [7, 11) is 0. The first-order valence-electron chi connectivity index (χ1n) is 9.41. The van der Waals surface area contributed by atoms with Gasteiger partial charge in [0.05, 0.1) is 0 Å². The molecule has 9 heteroatoms. The van der Waals surface area contributed by atoms with E-state index in [0.717, 1.165) is 28.5 Å². The predicted molar refractivity (Wildman–Crippen MR) is 133 cm³/mol. The molecular weight excluding hydrogens is 552 g/mol. The number of hydrogen-bond donors (Lipinski definition) is 3. The molecule has 0 aliphatic rings. The number of carbonyl (C=O) groups is 1. The maximum absolute atomic E-state index is 12.2. The molecule has 0 spiro atoms. The molecule has 0 bridgehead atoms. The van der Waals surface area contributed by atoms with E-state index in [1.54, 1.807) is 0 Å². The number of alkyl halides is 3. The molecule has 1 rings (SSSR count). The summed E-state index contributed by atoms with van der Waals surface area (Å²) >= 11 is 25.5. The molecule has 1 aromatic carbocycles. The Morgan fingerprint density at radius 3 is 2.18 bits per heavy atom. The van der Waals surface area contributed by atoms with Crippen LogP contribution < -0.4 is 16.0 Å². The lowest BCUT2D eigenvalue weighted by molar-refractivity contribution is -0.122. The summed E-state index contributed by atoms with van der Waals surface area (Å²) in [6, 6.07) is 7.67. The van der Waals surface area contributed by atoms with Gasteiger partial charge in [0.2, 0.25) is 9.70 Å². The second-order valence-corrected chi connectivity index (χ2v) is 10.5. The van der Waals surface area contributed by atoms with Crippen molar-refractivity contribution in [2.75, 3.05) is 5.32 Å². The summed E-state index contributed by atoms with van der Waals surface area (Å²) in [5.74, 6) is -0.172. The number of anilines is 1. The van der Waals surface area contributed by atoms with Crippen LogP contribution in [0.2, 0.25) is 0 Å². The molecule has 4 nitrogen and oxygen atoms in total. The van der Waals surface area contributed by atoms with E-state index >= 15 is 0 Å². The number of halogens is 4. The van der Waals surface area contributed by atoms with E-state index in [1.165, 1.54) is 25.7 Å². The lowest BCUT2D eigenvalue weighted by Crippen LogP contribution is -2.56. The molecule has 158 valence electrons. The number of rotatable bonds is 11. The number of benzene rings is 1. The maximum Gasteiger partial charge on any atom is 0.228 e. The zero-order valence-corrected chi connectivity index (χ0v) is 21.1. The average Bonchev–Trinajstić information content (AvgIpc) is 2.61. The van der Waals surface area contributed by atoms with Crippen molar-refractivity contribution in [3.63, 3.8) is 0 Å². The van der Waals surface area contributed by atoms with Gasteiger partial charge in [0, 0.05) is 15.7 Å². The molecular formula is C19H27Cl3IN3OS. The summed E-state index contributed by atoms with van der Waals surface area (Å²) in [6.45, 7) is 2.20. The maximum atomic E-state index is 12.2. The van der Waals surface area contributed by atoms with Gasteiger partial charge in [-0.05, 0) is 65.5 Å². The highest BCUT2D eigenvalue weighted by Crippen LogP contribution is 2.29. The van der Waals surface area contributed by atoms with Crippen LogP contribution in [0, 0.1) is 3.57 Å². The fourth-order valence-electron chi connectivity index (χ4n) is 2.51. The number of carbonyl (C=O) groups excluding carboxylic acids is 1. The first-order valence-corrected chi connectivity index (χ1v) is 12.0. The SMILES string of the molecule is CCCCCCCCCC(=O)N[C@@H](NC(=S)Nc1ccc(I)cc1)C(Cl)(Cl)Cl. The topological polar surface area (TPSA) is 53.2 Å². The van der Waals surface area contributed by atoms with Crippen LogP contribution in [0.4, 0.5) is 5.69 Å². The largest absolute Gasteiger partial charge is 0.339 e. The standard InChI is InChI=1S/C19H27Cl3IN3OS/c1-2-3-4-5-6-7-8-9-16(27)25-17(19(20,21)22)26-18(28)24-15-12-10-14(23)11-13-15/h10-13,17H,2-9H2,1H3,(H,25,27)(H2,24,26,28)/t17-/m0/s1. The fourth-order valence-corrected chi connectivity index (χ4v) is 3.43. The van der Waals surface area contributed by atoms with E-state index in [0.29, 0.717) is 6.42 Å². The van der Waals surface area contributed by atoms with Gasteiger partial charge in [-0.25, -0.2) is 0 Å². The van der Waals surface area contributed by atoms with E-state index in [-0.39, 0.29) is 11.0 Å². The molecule has 1 amide bonds. The van der Waals surface area contributed by atoms with Gasteiger partial charge >= 0.3 is 0 Å². The van der Waals surface area contributed by atoms with Crippen LogP contribution in [0.15, 0.2) is 24.3 Å². The lowest BCUT2D eigenvalue weighted by Gasteiger charge is -2.27. The molecule has 0 aliphatic carbocycles. The summed E-state index contributed by atoms with van der Waals surface area (Å²) in [4.78, 5) is 12.2. The third kappa shape index (κ3) is 11.9. The van der Waals surface area contributed by atoms with Crippen LogP contribution in [-0.2, 0) is 4.79 Å². The molecule has 0 saturated carbocycles. The Morgan fingerprint density at radius 1 is 1.04 bits per heavy atom. The highest BCUT2D eigenvalue weighted by atomic mass is 127. The van der Waals surface area contributed by atoms with Crippen molar-refractivity contribution in [2.24, 2.45) is 0 Å². The number of thiocarbonyl (C=S) groups is 1. The smallest absolute Gasteiger partial charge is 0.228 e. The minimum atomic E-state index is -1.74. The molecule has 28 heavy (non-hydrogen) atoms. The zero-order valence-electron chi connectivity index (χ0n) is 15.9. The number of nitrogens with one attached hydrogen (secondary N) is 3. The average molecular weight is 579 g/mol. The Bertz CT molecular complexity index is 611. The van der Waals surface area contributed by atoms with Crippen LogP contribution in [0.1, 0.15) is 58.3 Å². The first kappa shape index (κ1) is 26.0. The van der Waals surface area contributed by atoms with Crippen molar-refractivity contribution in [3.8, 4) is 0 Å². The summed E-state index contributed by atoms with van der Waals surface area (Å²) in [6.07, 6.45) is 7.41. The van der Waals surface area contributed by atoms with Crippen LogP contribution in [0.25, 0.3) is 0 Å². The summed E-state index contributed by atoms with van der Waals surface area (Å²) < 4.78 is -0.632. The fraction of sp³-hybridized carbons (Fsp3) is 0.579. The molecule has 1 aromatic rings. The van der Waals surface area contributed by atoms with E-state index in [1.807, 2.05) is 24.3 Å². The highest BCUT2D eigenvalue weighted by Gasteiger charge is 2.34. The third-order valence-corrected chi connectivity index (χ3v) is 5.61. The molecule has 0 aliphatic heterocycles. The van der Waals surface area contributed by atoms with Crippen molar-refractivity contribution in [3.05, 3.63) is 27.8 Å². The first-order chi connectivity index (χ1) is 13.2. The van der Waals surface area contributed by atoms with Crippen LogP contribution in [-0.4, -0.2) is 21.0 Å². The van der Waals surface area contributed by atoms with Gasteiger partial charge in [0.1, 0.15) is 6.17 Å². The van der Waals surface area contributed by atoms with Gasteiger partial charge in [-0.15, -0.1) is 0 Å². The number of amides is 1. The third-order valence-electron chi connectivity index (χ3n) is 4.02. The molecule has 1 atom stereocenters. The number of hydrogen-bond acceptors (Lipinski definition) is 2. The molecule has 0 heterocycles. The molecule has 0 saturated heterocycles. The van der Waals surface area contributed by atoms with Crippen LogP contribution in [0.3, 0.4) is 0 Å². The van der Waals surface area contributed by atoms with Gasteiger partial charge in [0.25, 0.3) is 0 Å². The van der Waals surface area contributed by atoms with Gasteiger partial charge in [-0.2, -0.15) is 0 Å². The highest BCUT2D eigenvalue weighted by molar-refractivity contribution is 14.1. The predicted octanol–water partition coefficient (Wildman–Crippen LogP) is 6.53. The Labute approximate surface area is 202 Å². The van der Waals surface area contributed by atoms with E-state index < -0.39 is 9.96 Å². The van der Waals surface area contributed by atoms with Gasteiger partial charge < -0.3 is 16.0 Å². The second-order valence-electron chi connectivity index (χ2n) is 6.52. The molecule has 0 radical (unpaired) electrons. The van der Waals surface area contributed by atoms with Crippen molar-refractivity contribution in [1.29, 1.82) is 0 Å². The molecule has 3 N–H and O–H groups in total. The summed E-state index contributed by atoms with van der Waals surface area (Å²) in [5.41, 5.74) is 0.801. The Hall–Kier alpha value is -0.0200. The van der Waals surface area contributed by atoms with E-state index in [4.69, 9.17) is 47.0 Å². The molecule has 0 aromatic heterocycles. The second kappa shape index (κ2) is 14.1. The van der Waals surface area contributed by atoms with Crippen molar-refractivity contribution < 1.29 is 4.79 Å². The van der Waals surface area contributed by atoms with E-state index in [9.17, 15) is 4.79 Å². The van der Waals surface area contributed by atoms with Gasteiger partial charge in [-0.3, -0.25) is 4.79 Å². The minimum Gasteiger partial charge on any atom is -0.339 e. The number of unbranched alkanes of at least 4 members (excludes halogenated alkanes) is 6. The molecule has 0 fully saturated rings. The Balaban J connectivity index is 2.42. The monoisotopic (exact) mass is 577 g/mol. The van der Waals surface area contributed by atoms with Gasteiger partial charge in [-0.1, -0.05) is 80.3 Å². The Morgan fingerprint density at radius 2 is 1.61 bits per heavy atom. The molecule has 0 unspecified atom stereocenters. The van der Waals surface area contributed by atoms with E-state index in [2.05, 4.69) is 45.5 Å². The summed E-state index contributed by atoms with van der Waals surface area (Å²) in [5, 5.41) is 8.86. The van der Waals surface area contributed by atoms with Crippen molar-refractivity contribution in [2.45, 2.75) is 68.2 Å². The normalized spacial score (nSPS) is 12.3. The van der Waals surface area contributed by atoms with Crippen LogP contribution in [0.5, 0.6) is 0 Å². The van der Waals surface area contributed by atoms with Crippen LogP contribution >= 0.6 is 69.6 Å².